The van der Waals surface area contributed by atoms with Gasteiger partial charge in [-0.25, -0.2) is 14.6 Å². The standard InChI is InChI=1S/C11H7ClN2O5/c1-18-10(15)9(14-17)8-11(16)19-7-3-2-5(12)4-6(7)13-8/h2-4,17H,1H3/b14-9-. The third kappa shape index (κ3) is 2.41. The van der Waals surface area contributed by atoms with Gasteiger partial charge in [0.1, 0.15) is 5.52 Å². The molecule has 0 radical (unpaired) electrons. The highest BCUT2D eigenvalue weighted by atomic mass is 35.5. The van der Waals surface area contributed by atoms with Crippen LogP contribution in [0.2, 0.25) is 5.02 Å². The predicted octanol–water partition coefficient (Wildman–Crippen LogP) is 1.19. The van der Waals surface area contributed by atoms with Gasteiger partial charge in [-0.3, -0.25) is 0 Å². The van der Waals surface area contributed by atoms with Crippen LogP contribution < -0.4 is 5.63 Å². The first kappa shape index (κ1) is 13.0. The van der Waals surface area contributed by atoms with Crippen molar-refractivity contribution in [1.82, 2.24) is 4.98 Å². The average Bonchev–Trinajstić information content (AvgIpc) is 2.40. The third-order valence-electron chi connectivity index (χ3n) is 2.25. The predicted molar refractivity (Wildman–Crippen MR) is 65.6 cm³/mol. The number of benzene rings is 1. The number of esters is 1. The summed E-state index contributed by atoms with van der Waals surface area (Å²) < 4.78 is 9.32. The van der Waals surface area contributed by atoms with Crippen LogP contribution in [0.3, 0.4) is 0 Å². The van der Waals surface area contributed by atoms with Gasteiger partial charge in [0.2, 0.25) is 5.71 Å². The minimum Gasteiger partial charge on any atom is -0.464 e. The van der Waals surface area contributed by atoms with Crippen molar-refractivity contribution in [2.45, 2.75) is 0 Å². The normalized spacial score (nSPS) is 11.6. The molecule has 0 amide bonds. The Labute approximate surface area is 111 Å². The molecule has 1 N–H and O–H groups in total. The summed E-state index contributed by atoms with van der Waals surface area (Å²) in [6.07, 6.45) is 0. The molecule has 0 saturated heterocycles. The molecule has 7 nitrogen and oxygen atoms in total. The van der Waals surface area contributed by atoms with E-state index in [9.17, 15) is 9.59 Å². The van der Waals surface area contributed by atoms with Crippen LogP contribution in [0, 0.1) is 0 Å². The Balaban J connectivity index is 2.70. The maximum absolute atomic E-state index is 11.7. The van der Waals surface area contributed by atoms with E-state index in [0.29, 0.717) is 5.02 Å². The smallest absolute Gasteiger partial charge is 0.365 e. The number of ether oxygens (including phenoxy) is 1. The van der Waals surface area contributed by atoms with E-state index in [4.69, 9.17) is 21.2 Å². The van der Waals surface area contributed by atoms with E-state index in [0.717, 1.165) is 7.11 Å². The second kappa shape index (κ2) is 5.07. The van der Waals surface area contributed by atoms with Crippen LogP contribution >= 0.6 is 11.6 Å². The summed E-state index contributed by atoms with van der Waals surface area (Å²) in [4.78, 5) is 26.9. The van der Waals surface area contributed by atoms with Gasteiger partial charge in [-0.1, -0.05) is 16.8 Å². The summed E-state index contributed by atoms with van der Waals surface area (Å²) in [7, 11) is 1.08. The van der Waals surface area contributed by atoms with E-state index in [-0.39, 0.29) is 11.1 Å². The van der Waals surface area contributed by atoms with Gasteiger partial charge in [0.15, 0.2) is 11.3 Å². The molecular formula is C11H7ClN2O5. The largest absolute Gasteiger partial charge is 0.464 e. The third-order valence-corrected chi connectivity index (χ3v) is 2.49. The van der Waals surface area contributed by atoms with Gasteiger partial charge in [0, 0.05) is 5.02 Å². The lowest BCUT2D eigenvalue weighted by Gasteiger charge is -2.02. The second-order valence-electron chi connectivity index (χ2n) is 3.40. The van der Waals surface area contributed by atoms with E-state index >= 15 is 0 Å². The molecule has 0 aliphatic heterocycles. The molecule has 98 valence electrons. The highest BCUT2D eigenvalue weighted by Crippen LogP contribution is 2.16. The van der Waals surface area contributed by atoms with Gasteiger partial charge < -0.3 is 14.4 Å². The summed E-state index contributed by atoms with van der Waals surface area (Å²) in [5.41, 5.74) is -1.58. The first-order valence-electron chi connectivity index (χ1n) is 4.98. The molecule has 0 unspecified atom stereocenters. The number of methoxy groups -OCH3 is 1. The van der Waals surface area contributed by atoms with E-state index in [1.807, 2.05) is 0 Å². The number of hydrogen-bond acceptors (Lipinski definition) is 7. The van der Waals surface area contributed by atoms with Crippen LogP contribution in [-0.2, 0) is 9.53 Å². The second-order valence-corrected chi connectivity index (χ2v) is 3.84. The minimum absolute atomic E-state index is 0.195. The van der Waals surface area contributed by atoms with Crippen LogP contribution in [0.5, 0.6) is 0 Å². The molecule has 8 heteroatoms. The number of rotatable bonds is 2. The van der Waals surface area contributed by atoms with E-state index in [1.165, 1.54) is 18.2 Å². The lowest BCUT2D eigenvalue weighted by atomic mass is 10.2. The quantitative estimate of drug-likeness (QED) is 0.384. The lowest BCUT2D eigenvalue weighted by molar-refractivity contribution is -0.132. The average molecular weight is 283 g/mol. The zero-order valence-corrected chi connectivity index (χ0v) is 10.3. The molecule has 2 aromatic rings. The number of nitrogens with zero attached hydrogens (tertiary/aromatic N) is 2. The first-order chi connectivity index (χ1) is 9.06. The van der Waals surface area contributed by atoms with Gasteiger partial charge in [0.25, 0.3) is 0 Å². The number of aromatic nitrogens is 1. The van der Waals surface area contributed by atoms with E-state index in [2.05, 4.69) is 14.9 Å². The highest BCUT2D eigenvalue weighted by Gasteiger charge is 2.22. The minimum atomic E-state index is -1.01. The fourth-order valence-corrected chi connectivity index (χ4v) is 1.58. The summed E-state index contributed by atoms with van der Waals surface area (Å²) >= 11 is 5.78. The number of carbonyl (C=O) groups is 1. The molecule has 0 aliphatic rings. The number of hydrogen-bond donors (Lipinski definition) is 1. The number of fused-ring (bicyclic) bond motifs is 1. The molecule has 0 fully saturated rings. The van der Waals surface area contributed by atoms with Crippen molar-refractivity contribution in [3.8, 4) is 0 Å². The molecule has 0 spiro atoms. The summed E-state index contributed by atoms with van der Waals surface area (Å²) in [6.45, 7) is 0. The van der Waals surface area contributed by atoms with Crippen molar-refractivity contribution in [3.63, 3.8) is 0 Å². The zero-order chi connectivity index (χ0) is 14.0. The molecule has 2 rings (SSSR count). The van der Waals surface area contributed by atoms with Gasteiger partial charge in [-0.2, -0.15) is 0 Å². The van der Waals surface area contributed by atoms with Crippen LogP contribution in [0.15, 0.2) is 32.6 Å². The van der Waals surface area contributed by atoms with Crippen molar-refractivity contribution in [2.24, 2.45) is 5.16 Å². The van der Waals surface area contributed by atoms with Gasteiger partial charge >= 0.3 is 11.6 Å². The Morgan fingerprint density at radius 2 is 2.26 bits per heavy atom. The molecule has 0 aliphatic carbocycles. The monoisotopic (exact) mass is 282 g/mol. The van der Waals surface area contributed by atoms with Crippen LogP contribution in [0.4, 0.5) is 0 Å². The maximum Gasteiger partial charge on any atom is 0.365 e. The molecule has 0 bridgehead atoms. The first-order valence-corrected chi connectivity index (χ1v) is 5.35. The number of carbonyl (C=O) groups excluding carboxylic acids is 1. The molecule has 1 heterocycles. The number of oxime groups is 1. The van der Waals surface area contributed by atoms with Gasteiger partial charge in [-0.05, 0) is 18.2 Å². The van der Waals surface area contributed by atoms with Crippen molar-refractivity contribution in [3.05, 3.63) is 39.3 Å². The van der Waals surface area contributed by atoms with Crippen molar-refractivity contribution >= 4 is 34.4 Å². The topological polar surface area (TPSA) is 102 Å². The van der Waals surface area contributed by atoms with Crippen molar-refractivity contribution in [2.75, 3.05) is 7.11 Å². The molecule has 1 aromatic heterocycles. The molecular weight excluding hydrogens is 276 g/mol. The lowest BCUT2D eigenvalue weighted by Crippen LogP contribution is -2.25. The summed E-state index contributed by atoms with van der Waals surface area (Å²) in [6, 6.07) is 4.43. The number of halogens is 1. The van der Waals surface area contributed by atoms with Crippen LogP contribution in [0.25, 0.3) is 11.1 Å². The fraction of sp³-hybridized carbons (Fsp3) is 0.0909. The Kier molecular flexibility index (Phi) is 3.48. The molecule has 1 aromatic carbocycles. The Morgan fingerprint density at radius 1 is 1.53 bits per heavy atom. The van der Waals surface area contributed by atoms with Gasteiger partial charge in [0.05, 0.1) is 7.11 Å². The fourth-order valence-electron chi connectivity index (χ4n) is 1.41. The van der Waals surface area contributed by atoms with E-state index < -0.39 is 23.0 Å². The molecule has 0 saturated carbocycles. The summed E-state index contributed by atoms with van der Waals surface area (Å²) in [5.74, 6) is -1.01. The van der Waals surface area contributed by atoms with Crippen LogP contribution in [0.1, 0.15) is 5.69 Å². The maximum atomic E-state index is 11.7. The SMILES string of the molecule is COC(=O)/C(=N\O)c1nc2cc(Cl)ccc2oc1=O. The molecule has 0 atom stereocenters. The van der Waals surface area contributed by atoms with Crippen molar-refractivity contribution < 1.29 is 19.2 Å². The Bertz CT molecular complexity index is 737. The van der Waals surface area contributed by atoms with Crippen molar-refractivity contribution in [1.29, 1.82) is 0 Å². The Morgan fingerprint density at radius 3 is 2.89 bits per heavy atom. The van der Waals surface area contributed by atoms with Gasteiger partial charge in [-0.15, -0.1) is 0 Å². The highest BCUT2D eigenvalue weighted by molar-refractivity contribution is 6.42. The molecule has 19 heavy (non-hydrogen) atoms. The summed E-state index contributed by atoms with van der Waals surface area (Å²) in [5, 5.41) is 11.9. The van der Waals surface area contributed by atoms with E-state index in [1.54, 1.807) is 0 Å². The zero-order valence-electron chi connectivity index (χ0n) is 9.58. The van der Waals surface area contributed by atoms with Crippen LogP contribution in [-0.4, -0.2) is 29.0 Å². The Hall–Kier alpha value is -2.41.